The lowest BCUT2D eigenvalue weighted by Gasteiger charge is -2.27. The van der Waals surface area contributed by atoms with Crippen molar-refractivity contribution in [2.45, 2.75) is 26.4 Å². The van der Waals surface area contributed by atoms with Crippen LogP contribution in [0.3, 0.4) is 0 Å². The fraction of sp³-hybridized carbons (Fsp3) is 0.429. The van der Waals surface area contributed by atoms with Crippen LogP contribution in [0.1, 0.15) is 19.4 Å². The molecule has 0 bridgehead atoms. The molecule has 0 heterocycles. The van der Waals surface area contributed by atoms with Crippen molar-refractivity contribution in [2.24, 2.45) is 5.92 Å². The summed E-state index contributed by atoms with van der Waals surface area (Å²) >= 11 is 0. The lowest BCUT2D eigenvalue weighted by Crippen LogP contribution is -2.42. The average molecular weight is 283 g/mol. The Hall–Kier alpha value is -1.95. The van der Waals surface area contributed by atoms with Crippen LogP contribution in [0.2, 0.25) is 0 Å². The molecule has 0 saturated heterocycles. The van der Waals surface area contributed by atoms with Crippen LogP contribution in [0.25, 0.3) is 0 Å². The second-order valence-corrected chi connectivity index (χ2v) is 4.81. The molecule has 110 valence electrons. The van der Waals surface area contributed by atoms with Crippen molar-refractivity contribution in [3.8, 4) is 0 Å². The van der Waals surface area contributed by atoms with Gasteiger partial charge in [-0.25, -0.2) is 4.39 Å². The second kappa shape index (κ2) is 7.00. The first kappa shape index (κ1) is 16.1. The third-order valence-corrected chi connectivity index (χ3v) is 3.11. The van der Waals surface area contributed by atoms with Crippen LogP contribution in [-0.4, -0.2) is 39.6 Å². The van der Waals surface area contributed by atoms with E-state index in [-0.39, 0.29) is 13.1 Å². The molecule has 1 aromatic carbocycles. The molecule has 0 fully saturated rings. The van der Waals surface area contributed by atoms with Gasteiger partial charge in [0.1, 0.15) is 11.9 Å². The van der Waals surface area contributed by atoms with E-state index in [1.54, 1.807) is 6.07 Å². The molecular weight excluding hydrogens is 265 g/mol. The minimum absolute atomic E-state index is 0.0827. The highest BCUT2D eigenvalue weighted by Gasteiger charge is 2.25. The van der Waals surface area contributed by atoms with Crippen LogP contribution in [0, 0.1) is 11.7 Å². The number of carboxylic acid groups (broad SMARTS) is 2. The smallest absolute Gasteiger partial charge is 0.320 e. The molecule has 0 spiro atoms. The summed E-state index contributed by atoms with van der Waals surface area (Å²) < 4.78 is 13.1. The molecule has 0 aliphatic heterocycles. The minimum Gasteiger partial charge on any atom is -0.481 e. The second-order valence-electron chi connectivity index (χ2n) is 4.81. The van der Waals surface area contributed by atoms with Crippen molar-refractivity contribution in [3.05, 3.63) is 35.6 Å². The molecule has 0 saturated carbocycles. The molecule has 0 aromatic heterocycles. The van der Waals surface area contributed by atoms with E-state index in [1.807, 2.05) is 0 Å². The van der Waals surface area contributed by atoms with Crippen LogP contribution < -0.4 is 0 Å². The fourth-order valence-electron chi connectivity index (χ4n) is 1.82. The Kier molecular flexibility index (Phi) is 5.64. The molecule has 1 rings (SSSR count). The van der Waals surface area contributed by atoms with Gasteiger partial charge in [0.05, 0.1) is 5.92 Å². The largest absolute Gasteiger partial charge is 0.481 e. The van der Waals surface area contributed by atoms with E-state index in [2.05, 4.69) is 0 Å². The Morgan fingerprint density at radius 3 is 2.40 bits per heavy atom. The molecule has 0 amide bonds. The van der Waals surface area contributed by atoms with Crippen molar-refractivity contribution >= 4 is 11.9 Å². The predicted molar refractivity (Wildman–Crippen MR) is 70.7 cm³/mol. The maximum absolute atomic E-state index is 13.1. The maximum Gasteiger partial charge on any atom is 0.320 e. The van der Waals surface area contributed by atoms with E-state index in [9.17, 15) is 14.0 Å². The van der Waals surface area contributed by atoms with E-state index in [4.69, 9.17) is 10.2 Å². The molecule has 20 heavy (non-hydrogen) atoms. The lowest BCUT2D eigenvalue weighted by molar-refractivity contribution is -0.147. The number of hydrogen-bond donors (Lipinski definition) is 2. The van der Waals surface area contributed by atoms with Gasteiger partial charge >= 0.3 is 11.9 Å². The molecule has 2 unspecified atom stereocenters. The molecule has 6 heteroatoms. The minimum atomic E-state index is -1.04. The van der Waals surface area contributed by atoms with Crippen molar-refractivity contribution < 1.29 is 24.2 Å². The van der Waals surface area contributed by atoms with Crippen molar-refractivity contribution in [2.75, 3.05) is 6.54 Å². The van der Waals surface area contributed by atoms with Gasteiger partial charge < -0.3 is 10.2 Å². The molecule has 2 atom stereocenters. The summed E-state index contributed by atoms with van der Waals surface area (Å²) in [5.41, 5.74) is 0.607. The Morgan fingerprint density at radius 2 is 1.90 bits per heavy atom. The van der Waals surface area contributed by atoms with Crippen LogP contribution in [0.5, 0.6) is 0 Å². The maximum atomic E-state index is 13.1. The molecule has 0 aliphatic rings. The van der Waals surface area contributed by atoms with Gasteiger partial charge in [-0.1, -0.05) is 19.1 Å². The van der Waals surface area contributed by atoms with E-state index in [0.29, 0.717) is 5.56 Å². The van der Waals surface area contributed by atoms with E-state index >= 15 is 0 Å². The first-order valence-corrected chi connectivity index (χ1v) is 6.25. The number of hydrogen-bond acceptors (Lipinski definition) is 3. The summed E-state index contributed by atoms with van der Waals surface area (Å²) in [5, 5.41) is 18.0. The monoisotopic (exact) mass is 283 g/mol. The molecular formula is C14H18FNO4. The Morgan fingerprint density at radius 1 is 1.25 bits per heavy atom. The van der Waals surface area contributed by atoms with Crippen LogP contribution in [0.4, 0.5) is 4.39 Å². The van der Waals surface area contributed by atoms with Crippen LogP contribution >= 0.6 is 0 Å². The van der Waals surface area contributed by atoms with E-state index in [1.165, 1.54) is 36.9 Å². The SMILES string of the molecule is CC(CN(Cc1cccc(F)c1)C(C)C(=O)O)C(=O)O. The van der Waals surface area contributed by atoms with Gasteiger partial charge in [0, 0.05) is 13.1 Å². The van der Waals surface area contributed by atoms with Crippen LogP contribution in [-0.2, 0) is 16.1 Å². The summed E-state index contributed by atoms with van der Waals surface area (Å²) in [6, 6.07) is 4.98. The van der Waals surface area contributed by atoms with Crippen molar-refractivity contribution in [1.82, 2.24) is 4.90 Å². The number of nitrogens with zero attached hydrogens (tertiary/aromatic N) is 1. The van der Waals surface area contributed by atoms with E-state index < -0.39 is 29.7 Å². The number of carboxylic acids is 2. The summed E-state index contributed by atoms with van der Waals surface area (Å²) in [6.07, 6.45) is 0. The zero-order valence-electron chi connectivity index (χ0n) is 11.4. The Bertz CT molecular complexity index is 492. The number of benzene rings is 1. The average Bonchev–Trinajstić information content (AvgIpc) is 2.36. The molecule has 5 nitrogen and oxygen atoms in total. The Balaban J connectivity index is 2.87. The molecule has 0 aliphatic carbocycles. The zero-order chi connectivity index (χ0) is 15.3. The highest BCUT2D eigenvalue weighted by atomic mass is 19.1. The standard InChI is InChI=1S/C14H18FNO4/c1-9(13(17)18)7-16(10(2)14(19)20)8-11-4-3-5-12(15)6-11/h3-6,9-10H,7-8H2,1-2H3,(H,17,18)(H,19,20). The summed E-state index contributed by atoms with van der Waals surface area (Å²) in [6.45, 7) is 3.26. The van der Waals surface area contributed by atoms with E-state index in [0.717, 1.165) is 0 Å². The van der Waals surface area contributed by atoms with Gasteiger partial charge in [-0.05, 0) is 24.6 Å². The topological polar surface area (TPSA) is 77.8 Å². The normalized spacial score (nSPS) is 14.0. The molecule has 1 aromatic rings. The zero-order valence-corrected chi connectivity index (χ0v) is 11.4. The molecule has 2 N–H and O–H groups in total. The molecule has 0 radical (unpaired) electrons. The lowest BCUT2D eigenvalue weighted by atomic mass is 10.1. The van der Waals surface area contributed by atoms with Crippen molar-refractivity contribution in [1.29, 1.82) is 0 Å². The number of rotatable bonds is 7. The van der Waals surface area contributed by atoms with Gasteiger partial charge in [-0.3, -0.25) is 14.5 Å². The van der Waals surface area contributed by atoms with Gasteiger partial charge in [0.15, 0.2) is 0 Å². The van der Waals surface area contributed by atoms with Gasteiger partial charge in [0.25, 0.3) is 0 Å². The van der Waals surface area contributed by atoms with Gasteiger partial charge in [-0.15, -0.1) is 0 Å². The first-order valence-electron chi connectivity index (χ1n) is 6.25. The van der Waals surface area contributed by atoms with Gasteiger partial charge in [-0.2, -0.15) is 0 Å². The summed E-state index contributed by atoms with van der Waals surface area (Å²) in [7, 11) is 0. The predicted octanol–water partition coefficient (Wildman–Crippen LogP) is 1.82. The highest BCUT2D eigenvalue weighted by Crippen LogP contribution is 2.13. The van der Waals surface area contributed by atoms with Crippen molar-refractivity contribution in [3.63, 3.8) is 0 Å². The summed E-state index contributed by atoms with van der Waals surface area (Å²) in [4.78, 5) is 23.5. The summed E-state index contributed by atoms with van der Waals surface area (Å²) in [5.74, 6) is -3.15. The fourth-order valence-corrected chi connectivity index (χ4v) is 1.82. The Labute approximate surface area is 116 Å². The first-order chi connectivity index (χ1) is 9.31. The third-order valence-electron chi connectivity index (χ3n) is 3.11. The van der Waals surface area contributed by atoms with Crippen LogP contribution in [0.15, 0.2) is 24.3 Å². The number of aliphatic carboxylic acids is 2. The third kappa shape index (κ3) is 4.62. The number of halogens is 1. The van der Waals surface area contributed by atoms with Gasteiger partial charge in [0.2, 0.25) is 0 Å². The number of carbonyl (C=O) groups is 2. The highest BCUT2D eigenvalue weighted by molar-refractivity contribution is 5.73. The quantitative estimate of drug-likeness (QED) is 0.798.